The molecule has 4 heteroatoms. The Morgan fingerprint density at radius 2 is 1.95 bits per heavy atom. The largest absolute Gasteiger partial charge is 0.328 e. The van der Waals surface area contributed by atoms with Crippen LogP contribution in [0.15, 0.2) is 53.0 Å². The maximum Gasteiger partial charge on any atom is 0.279 e. The average molecular weight is 318 g/mol. The predicted octanol–water partition coefficient (Wildman–Crippen LogP) is 2.05. The van der Waals surface area contributed by atoms with E-state index in [2.05, 4.69) is 44.8 Å². The smallest absolute Gasteiger partial charge is 0.279 e. The molecule has 0 fully saturated rings. The highest BCUT2D eigenvalue weighted by molar-refractivity contribution is 9.10. The summed E-state index contributed by atoms with van der Waals surface area (Å²) < 4.78 is 1.02. The number of amides is 1. The van der Waals surface area contributed by atoms with Gasteiger partial charge in [0.15, 0.2) is 6.54 Å². The number of nitrogens with one attached hydrogen (secondary N) is 1. The standard InChI is InChI=1S/C15H13BrN2O/c16-11-6-7-13-12(8-11)15(17-9-14(19)18-13)10-4-2-1-3-5-10/h1-8,15,17H,9H2,(H,18,19)/p+1/t15-/m1/s1. The van der Waals surface area contributed by atoms with Gasteiger partial charge >= 0.3 is 0 Å². The summed E-state index contributed by atoms with van der Waals surface area (Å²) in [7, 11) is 0. The Labute approximate surface area is 120 Å². The first-order valence-electron chi connectivity index (χ1n) is 6.21. The fraction of sp³-hybridized carbons (Fsp3) is 0.133. The molecule has 19 heavy (non-hydrogen) atoms. The van der Waals surface area contributed by atoms with Crippen LogP contribution in [0.3, 0.4) is 0 Å². The van der Waals surface area contributed by atoms with Gasteiger partial charge in [-0.2, -0.15) is 0 Å². The van der Waals surface area contributed by atoms with Crippen molar-refractivity contribution in [2.75, 3.05) is 11.9 Å². The summed E-state index contributed by atoms with van der Waals surface area (Å²) in [6.45, 7) is 0.436. The first-order chi connectivity index (χ1) is 9.24. The SMILES string of the molecule is O=C1C[NH2+][C@H](c2ccccc2)c2cc(Br)ccc2N1. The highest BCUT2D eigenvalue weighted by Gasteiger charge is 2.26. The average Bonchev–Trinajstić information content (AvgIpc) is 2.58. The molecule has 2 aromatic carbocycles. The zero-order valence-corrected chi connectivity index (χ0v) is 11.9. The van der Waals surface area contributed by atoms with Crippen LogP contribution in [-0.2, 0) is 4.79 Å². The fourth-order valence-corrected chi connectivity index (χ4v) is 2.81. The molecule has 0 aliphatic carbocycles. The topological polar surface area (TPSA) is 45.7 Å². The Balaban J connectivity index is 2.11. The van der Waals surface area contributed by atoms with Gasteiger partial charge in [0, 0.05) is 15.6 Å². The lowest BCUT2D eigenvalue weighted by molar-refractivity contribution is -0.675. The minimum absolute atomic E-state index is 0.0435. The summed E-state index contributed by atoms with van der Waals surface area (Å²) >= 11 is 3.50. The van der Waals surface area contributed by atoms with Crippen molar-refractivity contribution in [3.63, 3.8) is 0 Å². The minimum Gasteiger partial charge on any atom is -0.328 e. The molecule has 0 aromatic heterocycles. The first kappa shape index (κ1) is 12.4. The summed E-state index contributed by atoms with van der Waals surface area (Å²) in [5.41, 5.74) is 3.24. The number of hydrogen-bond donors (Lipinski definition) is 2. The van der Waals surface area contributed by atoms with E-state index in [1.807, 2.05) is 30.3 Å². The van der Waals surface area contributed by atoms with E-state index in [0.29, 0.717) is 6.54 Å². The number of rotatable bonds is 1. The highest BCUT2D eigenvalue weighted by atomic mass is 79.9. The van der Waals surface area contributed by atoms with E-state index in [4.69, 9.17) is 0 Å². The first-order valence-corrected chi connectivity index (χ1v) is 7.01. The summed E-state index contributed by atoms with van der Waals surface area (Å²) in [6, 6.07) is 16.4. The molecular formula is C15H14BrN2O+. The molecule has 0 saturated heterocycles. The number of carbonyl (C=O) groups excluding carboxylic acids is 1. The van der Waals surface area contributed by atoms with Gasteiger partial charge in [0.1, 0.15) is 6.04 Å². The van der Waals surface area contributed by atoms with Crippen molar-refractivity contribution in [2.24, 2.45) is 0 Å². The normalized spacial score (nSPS) is 18.4. The Morgan fingerprint density at radius 1 is 1.16 bits per heavy atom. The molecule has 1 aliphatic rings. The van der Waals surface area contributed by atoms with Gasteiger partial charge in [0.05, 0.1) is 5.69 Å². The molecule has 0 saturated carbocycles. The quantitative estimate of drug-likeness (QED) is 0.831. The number of hydrogen-bond acceptors (Lipinski definition) is 1. The molecule has 2 aromatic rings. The molecule has 3 rings (SSSR count). The second kappa shape index (κ2) is 5.15. The molecule has 0 unspecified atom stereocenters. The lowest BCUT2D eigenvalue weighted by Crippen LogP contribution is -2.86. The van der Waals surface area contributed by atoms with Crippen molar-refractivity contribution in [3.8, 4) is 0 Å². The monoisotopic (exact) mass is 317 g/mol. The van der Waals surface area contributed by atoms with Crippen LogP contribution in [0.1, 0.15) is 17.2 Å². The molecule has 96 valence electrons. The van der Waals surface area contributed by atoms with Crippen LogP contribution in [0.4, 0.5) is 5.69 Å². The Hall–Kier alpha value is -1.65. The van der Waals surface area contributed by atoms with E-state index in [0.717, 1.165) is 15.7 Å². The Morgan fingerprint density at radius 3 is 2.74 bits per heavy atom. The molecule has 1 heterocycles. The molecule has 3 nitrogen and oxygen atoms in total. The van der Waals surface area contributed by atoms with Crippen LogP contribution >= 0.6 is 15.9 Å². The van der Waals surface area contributed by atoms with Gasteiger partial charge in [0.2, 0.25) is 0 Å². The van der Waals surface area contributed by atoms with Crippen molar-refractivity contribution in [1.29, 1.82) is 0 Å². The van der Waals surface area contributed by atoms with Gasteiger partial charge in [-0.25, -0.2) is 0 Å². The van der Waals surface area contributed by atoms with Crippen LogP contribution in [0.5, 0.6) is 0 Å². The third kappa shape index (κ3) is 2.55. The van der Waals surface area contributed by atoms with E-state index in [1.54, 1.807) is 0 Å². The molecule has 1 atom stereocenters. The number of benzene rings is 2. The van der Waals surface area contributed by atoms with Crippen molar-refractivity contribution < 1.29 is 10.1 Å². The van der Waals surface area contributed by atoms with E-state index in [1.165, 1.54) is 5.56 Å². The number of anilines is 1. The third-order valence-corrected chi connectivity index (χ3v) is 3.81. The summed E-state index contributed by atoms with van der Waals surface area (Å²) in [5.74, 6) is 0.0435. The Kier molecular flexibility index (Phi) is 3.36. The van der Waals surface area contributed by atoms with Crippen LogP contribution in [0, 0.1) is 0 Å². The zero-order valence-electron chi connectivity index (χ0n) is 10.3. The molecule has 0 radical (unpaired) electrons. The highest BCUT2D eigenvalue weighted by Crippen LogP contribution is 2.29. The van der Waals surface area contributed by atoms with E-state index < -0.39 is 0 Å². The Bertz CT molecular complexity index is 613. The van der Waals surface area contributed by atoms with Crippen molar-refractivity contribution in [2.45, 2.75) is 6.04 Å². The van der Waals surface area contributed by atoms with Crippen LogP contribution in [-0.4, -0.2) is 12.5 Å². The number of fused-ring (bicyclic) bond motifs is 1. The molecule has 3 N–H and O–H groups in total. The van der Waals surface area contributed by atoms with Gasteiger partial charge in [-0.1, -0.05) is 46.3 Å². The molecule has 1 amide bonds. The van der Waals surface area contributed by atoms with E-state index in [-0.39, 0.29) is 11.9 Å². The summed E-state index contributed by atoms with van der Waals surface area (Å²) in [5, 5.41) is 5.03. The molecule has 1 aliphatic heterocycles. The maximum absolute atomic E-state index is 11.8. The van der Waals surface area contributed by atoms with Crippen molar-refractivity contribution in [1.82, 2.24) is 0 Å². The minimum atomic E-state index is 0.0435. The van der Waals surface area contributed by atoms with Crippen LogP contribution in [0.2, 0.25) is 0 Å². The van der Waals surface area contributed by atoms with Crippen molar-refractivity contribution in [3.05, 3.63) is 64.1 Å². The molecule has 0 bridgehead atoms. The predicted molar refractivity (Wildman–Crippen MR) is 77.8 cm³/mol. The number of nitrogens with two attached hydrogens (primary N) is 1. The lowest BCUT2D eigenvalue weighted by Gasteiger charge is -2.15. The van der Waals surface area contributed by atoms with Gasteiger partial charge < -0.3 is 10.6 Å². The maximum atomic E-state index is 11.8. The summed E-state index contributed by atoms with van der Waals surface area (Å²) in [6.07, 6.45) is 0. The lowest BCUT2D eigenvalue weighted by atomic mass is 9.97. The third-order valence-electron chi connectivity index (χ3n) is 3.32. The fourth-order valence-electron chi connectivity index (χ4n) is 2.43. The second-order valence-electron chi connectivity index (χ2n) is 4.61. The van der Waals surface area contributed by atoms with Gasteiger partial charge in [0.25, 0.3) is 5.91 Å². The number of quaternary nitrogens is 1. The molecular weight excluding hydrogens is 304 g/mol. The van der Waals surface area contributed by atoms with Gasteiger partial charge in [-0.3, -0.25) is 4.79 Å². The summed E-state index contributed by atoms with van der Waals surface area (Å²) in [4.78, 5) is 11.8. The second-order valence-corrected chi connectivity index (χ2v) is 5.52. The van der Waals surface area contributed by atoms with E-state index in [9.17, 15) is 4.79 Å². The molecule has 0 spiro atoms. The van der Waals surface area contributed by atoms with Gasteiger partial charge in [-0.05, 0) is 18.2 Å². The van der Waals surface area contributed by atoms with Crippen LogP contribution in [0.25, 0.3) is 0 Å². The zero-order chi connectivity index (χ0) is 13.2. The van der Waals surface area contributed by atoms with Crippen molar-refractivity contribution >= 4 is 27.5 Å². The van der Waals surface area contributed by atoms with E-state index >= 15 is 0 Å². The van der Waals surface area contributed by atoms with Gasteiger partial charge in [-0.15, -0.1) is 0 Å². The number of carbonyl (C=O) groups is 1. The number of halogens is 1. The van der Waals surface area contributed by atoms with Crippen LogP contribution < -0.4 is 10.6 Å².